The Labute approximate surface area is 179 Å². The maximum Gasteiger partial charge on any atom is 0.205 e. The molecule has 0 fully saturated rings. The highest BCUT2D eigenvalue weighted by Gasteiger charge is 2.18. The first-order valence-electron chi connectivity index (χ1n) is 10.9. The van der Waals surface area contributed by atoms with Crippen molar-refractivity contribution in [2.24, 2.45) is 0 Å². The SMILES string of the molecule is CCCCCCc1nc(N)n(-c2ccc(-c3ccccc3)cc2)c1-c1ccccc1. The molecular weight excluding hydrogens is 366 g/mol. The molecule has 3 heteroatoms. The molecule has 0 saturated carbocycles. The van der Waals surface area contributed by atoms with Crippen LogP contribution in [0.4, 0.5) is 5.95 Å². The van der Waals surface area contributed by atoms with Crippen molar-refractivity contribution in [2.45, 2.75) is 39.0 Å². The summed E-state index contributed by atoms with van der Waals surface area (Å²) < 4.78 is 2.10. The highest BCUT2D eigenvalue weighted by molar-refractivity contribution is 5.70. The van der Waals surface area contributed by atoms with Gasteiger partial charge in [0.1, 0.15) is 0 Å². The maximum atomic E-state index is 6.44. The van der Waals surface area contributed by atoms with Crippen LogP contribution in [0, 0.1) is 0 Å². The van der Waals surface area contributed by atoms with Crippen molar-refractivity contribution in [2.75, 3.05) is 5.73 Å². The Balaban J connectivity index is 1.73. The number of nitrogen functional groups attached to an aromatic ring is 1. The van der Waals surface area contributed by atoms with Crippen molar-refractivity contribution in [3.05, 3.63) is 90.6 Å². The van der Waals surface area contributed by atoms with Crippen LogP contribution in [-0.2, 0) is 6.42 Å². The van der Waals surface area contributed by atoms with Crippen molar-refractivity contribution >= 4 is 5.95 Å². The monoisotopic (exact) mass is 395 g/mol. The summed E-state index contributed by atoms with van der Waals surface area (Å²) in [4.78, 5) is 4.78. The van der Waals surface area contributed by atoms with Crippen LogP contribution in [0.1, 0.15) is 38.3 Å². The van der Waals surface area contributed by atoms with Crippen LogP contribution in [0.25, 0.3) is 28.1 Å². The normalized spacial score (nSPS) is 11.0. The zero-order valence-corrected chi connectivity index (χ0v) is 17.6. The summed E-state index contributed by atoms with van der Waals surface area (Å²) in [6, 6.07) is 29.5. The fourth-order valence-electron chi connectivity index (χ4n) is 3.97. The quantitative estimate of drug-likeness (QED) is 0.329. The van der Waals surface area contributed by atoms with Gasteiger partial charge in [-0.1, -0.05) is 99.0 Å². The minimum Gasteiger partial charge on any atom is -0.369 e. The van der Waals surface area contributed by atoms with Crippen LogP contribution < -0.4 is 5.73 Å². The number of aryl methyl sites for hydroxylation is 1. The smallest absolute Gasteiger partial charge is 0.205 e. The number of anilines is 1. The lowest BCUT2D eigenvalue weighted by Crippen LogP contribution is -2.02. The predicted molar refractivity (Wildman–Crippen MR) is 127 cm³/mol. The summed E-state index contributed by atoms with van der Waals surface area (Å²) in [7, 11) is 0. The molecule has 3 aromatic carbocycles. The van der Waals surface area contributed by atoms with E-state index in [9.17, 15) is 0 Å². The summed E-state index contributed by atoms with van der Waals surface area (Å²) in [5.41, 5.74) is 13.2. The standard InChI is InChI=1S/C27H29N3/c1-2-3-4-11-16-25-26(23-14-9-6-10-15-23)30(27(28)29-25)24-19-17-22(18-20-24)21-12-7-5-8-13-21/h5-10,12-15,17-20H,2-4,11,16H2,1H3,(H2,28,29). The molecule has 0 spiro atoms. The predicted octanol–water partition coefficient (Wildman–Crippen LogP) is 6.91. The third-order valence-electron chi connectivity index (χ3n) is 5.52. The van der Waals surface area contributed by atoms with Gasteiger partial charge in [0, 0.05) is 11.3 Å². The second-order valence-corrected chi connectivity index (χ2v) is 7.69. The number of nitrogens with two attached hydrogens (primary N) is 1. The van der Waals surface area contributed by atoms with E-state index in [1.165, 1.54) is 30.4 Å². The summed E-state index contributed by atoms with van der Waals surface area (Å²) in [6.07, 6.45) is 5.80. The van der Waals surface area contributed by atoms with E-state index in [2.05, 4.69) is 84.3 Å². The second-order valence-electron chi connectivity index (χ2n) is 7.69. The van der Waals surface area contributed by atoms with Crippen LogP contribution in [0.3, 0.4) is 0 Å². The zero-order valence-electron chi connectivity index (χ0n) is 17.6. The molecule has 0 radical (unpaired) electrons. The van der Waals surface area contributed by atoms with Crippen LogP contribution in [0.15, 0.2) is 84.9 Å². The first-order chi connectivity index (χ1) is 14.8. The molecule has 1 heterocycles. The molecule has 0 aliphatic heterocycles. The van der Waals surface area contributed by atoms with Gasteiger partial charge in [-0.25, -0.2) is 4.98 Å². The van der Waals surface area contributed by atoms with Gasteiger partial charge in [0.05, 0.1) is 11.4 Å². The van der Waals surface area contributed by atoms with Gasteiger partial charge in [0.25, 0.3) is 0 Å². The summed E-state index contributed by atoms with van der Waals surface area (Å²) in [5, 5.41) is 0. The number of hydrogen-bond acceptors (Lipinski definition) is 2. The Morgan fingerprint density at radius 1 is 0.700 bits per heavy atom. The number of aromatic nitrogens is 2. The molecule has 1 aromatic heterocycles. The lowest BCUT2D eigenvalue weighted by molar-refractivity contribution is 0.662. The van der Waals surface area contributed by atoms with Crippen LogP contribution in [-0.4, -0.2) is 9.55 Å². The minimum atomic E-state index is 0.548. The number of hydrogen-bond donors (Lipinski definition) is 1. The molecule has 0 atom stereocenters. The Morgan fingerprint density at radius 3 is 1.93 bits per heavy atom. The molecule has 3 nitrogen and oxygen atoms in total. The largest absolute Gasteiger partial charge is 0.369 e. The number of imidazole rings is 1. The topological polar surface area (TPSA) is 43.8 Å². The Bertz CT molecular complexity index is 1060. The van der Waals surface area contributed by atoms with Gasteiger partial charge in [-0.05, 0) is 36.1 Å². The molecule has 30 heavy (non-hydrogen) atoms. The van der Waals surface area contributed by atoms with Crippen molar-refractivity contribution in [1.82, 2.24) is 9.55 Å². The number of unbranched alkanes of at least 4 members (excludes halogenated alkanes) is 3. The van der Waals surface area contributed by atoms with Gasteiger partial charge in [-0.2, -0.15) is 0 Å². The molecule has 0 saturated heterocycles. The lowest BCUT2D eigenvalue weighted by atomic mass is 10.0. The molecule has 0 aliphatic carbocycles. The highest BCUT2D eigenvalue weighted by Crippen LogP contribution is 2.32. The molecule has 0 amide bonds. The molecule has 4 rings (SSSR count). The Kier molecular flexibility index (Phi) is 6.29. The Morgan fingerprint density at radius 2 is 1.30 bits per heavy atom. The van der Waals surface area contributed by atoms with Crippen LogP contribution in [0.5, 0.6) is 0 Å². The first kappa shape index (κ1) is 20.0. The van der Waals surface area contributed by atoms with E-state index >= 15 is 0 Å². The summed E-state index contributed by atoms with van der Waals surface area (Å²) in [6.45, 7) is 2.24. The van der Waals surface area contributed by atoms with Gasteiger partial charge in [0.15, 0.2) is 0 Å². The average molecular weight is 396 g/mol. The van der Waals surface area contributed by atoms with Crippen LogP contribution in [0.2, 0.25) is 0 Å². The minimum absolute atomic E-state index is 0.548. The molecule has 152 valence electrons. The van der Waals surface area contributed by atoms with Gasteiger partial charge in [0.2, 0.25) is 5.95 Å². The second kappa shape index (κ2) is 9.45. The van der Waals surface area contributed by atoms with Crippen LogP contribution >= 0.6 is 0 Å². The van der Waals surface area contributed by atoms with Gasteiger partial charge in [-0.3, -0.25) is 4.57 Å². The van der Waals surface area contributed by atoms with Crippen molar-refractivity contribution in [1.29, 1.82) is 0 Å². The molecular formula is C27H29N3. The van der Waals surface area contributed by atoms with Gasteiger partial charge >= 0.3 is 0 Å². The van der Waals surface area contributed by atoms with Crippen molar-refractivity contribution < 1.29 is 0 Å². The molecule has 0 aliphatic rings. The van der Waals surface area contributed by atoms with E-state index in [4.69, 9.17) is 10.7 Å². The first-order valence-corrected chi connectivity index (χ1v) is 10.9. The molecule has 0 bridgehead atoms. The van der Waals surface area contributed by atoms with Gasteiger partial charge < -0.3 is 5.73 Å². The summed E-state index contributed by atoms with van der Waals surface area (Å²) in [5.74, 6) is 0.548. The summed E-state index contributed by atoms with van der Waals surface area (Å²) >= 11 is 0. The van der Waals surface area contributed by atoms with E-state index in [-0.39, 0.29) is 0 Å². The van der Waals surface area contributed by atoms with Crippen molar-refractivity contribution in [3.63, 3.8) is 0 Å². The maximum absolute atomic E-state index is 6.44. The van der Waals surface area contributed by atoms with E-state index in [1.807, 2.05) is 12.1 Å². The lowest BCUT2D eigenvalue weighted by Gasteiger charge is -2.13. The number of benzene rings is 3. The number of rotatable bonds is 8. The Hall–Kier alpha value is -3.33. The van der Waals surface area contributed by atoms with Crippen molar-refractivity contribution in [3.8, 4) is 28.1 Å². The fourth-order valence-corrected chi connectivity index (χ4v) is 3.97. The third-order valence-corrected chi connectivity index (χ3v) is 5.52. The molecule has 4 aromatic rings. The molecule has 0 unspecified atom stereocenters. The van der Waals surface area contributed by atoms with Gasteiger partial charge in [-0.15, -0.1) is 0 Å². The fraction of sp³-hybridized carbons (Fsp3) is 0.222. The highest BCUT2D eigenvalue weighted by atomic mass is 15.2. The average Bonchev–Trinajstić information content (AvgIpc) is 3.14. The molecule has 2 N–H and O–H groups in total. The number of nitrogens with zero attached hydrogens (tertiary/aromatic N) is 2. The van der Waals surface area contributed by atoms with E-state index in [0.29, 0.717) is 5.95 Å². The third kappa shape index (κ3) is 4.30. The zero-order chi connectivity index (χ0) is 20.8. The van der Waals surface area contributed by atoms with E-state index in [0.717, 1.165) is 35.5 Å². The van der Waals surface area contributed by atoms with E-state index < -0.39 is 0 Å². The van der Waals surface area contributed by atoms with E-state index in [1.54, 1.807) is 0 Å².